The molecule has 0 aliphatic heterocycles. The minimum absolute atomic E-state index is 0.393. The number of rotatable bonds is 3. The van der Waals surface area contributed by atoms with Crippen LogP contribution in [-0.2, 0) is 0 Å². The van der Waals surface area contributed by atoms with E-state index in [1.54, 1.807) is 13.2 Å². The summed E-state index contributed by atoms with van der Waals surface area (Å²) in [4.78, 5) is 3.58. The van der Waals surface area contributed by atoms with Crippen LogP contribution in [0.2, 0.25) is 0 Å². The molecule has 2 N–H and O–H groups in total. The maximum Gasteiger partial charge on any atom is 0.209 e. The Morgan fingerprint density at radius 3 is 2.42 bits per heavy atom. The van der Waals surface area contributed by atoms with Crippen molar-refractivity contribution in [3.8, 4) is 6.19 Å². The largest absolute Gasteiger partial charge is 0.359 e. The summed E-state index contributed by atoms with van der Waals surface area (Å²) in [5.74, 6) is 0.547. The molecule has 0 saturated heterocycles. The highest BCUT2D eigenvalue weighted by Gasteiger charge is 2.03. The molecule has 0 aliphatic carbocycles. The molecule has 0 amide bonds. The van der Waals surface area contributed by atoms with Crippen LogP contribution in [0.3, 0.4) is 0 Å². The number of hydrogen-bond donors (Lipinski definition) is 2. The second-order valence-electron chi connectivity index (χ2n) is 2.47. The molecule has 68 valence electrons. The van der Waals surface area contributed by atoms with Crippen molar-refractivity contribution < 1.29 is 0 Å². The number of aliphatic imine (C=N–C) groups is 1. The van der Waals surface area contributed by atoms with Gasteiger partial charge in [-0.15, -0.1) is 4.99 Å². The Morgan fingerprint density at radius 1 is 1.50 bits per heavy atom. The Hall–Kier alpha value is -1.24. The van der Waals surface area contributed by atoms with E-state index >= 15 is 0 Å². The van der Waals surface area contributed by atoms with Crippen LogP contribution in [-0.4, -0.2) is 19.0 Å². The SMILES string of the molecule is CCC(CC)N/C(=N/C#N)NC. The maximum absolute atomic E-state index is 8.31. The summed E-state index contributed by atoms with van der Waals surface area (Å²) in [5, 5.41) is 14.2. The molecule has 0 aromatic rings. The van der Waals surface area contributed by atoms with Gasteiger partial charge in [0.25, 0.3) is 0 Å². The van der Waals surface area contributed by atoms with E-state index in [-0.39, 0.29) is 0 Å². The Morgan fingerprint density at radius 2 is 2.08 bits per heavy atom. The van der Waals surface area contributed by atoms with E-state index in [0.29, 0.717) is 12.0 Å². The van der Waals surface area contributed by atoms with Crippen molar-refractivity contribution in [2.45, 2.75) is 32.7 Å². The Labute approximate surface area is 73.7 Å². The lowest BCUT2D eigenvalue weighted by atomic mass is 10.2. The molecule has 12 heavy (non-hydrogen) atoms. The van der Waals surface area contributed by atoms with Crippen LogP contribution in [0.15, 0.2) is 4.99 Å². The first-order chi connectivity index (χ1) is 5.78. The zero-order valence-corrected chi connectivity index (χ0v) is 7.89. The predicted molar refractivity (Wildman–Crippen MR) is 49.6 cm³/mol. The lowest BCUT2D eigenvalue weighted by Gasteiger charge is -2.16. The van der Waals surface area contributed by atoms with Gasteiger partial charge in [0.15, 0.2) is 0 Å². The normalized spacial score (nSPS) is 11.1. The van der Waals surface area contributed by atoms with Crippen LogP contribution < -0.4 is 10.6 Å². The third kappa shape index (κ3) is 3.81. The second-order valence-corrected chi connectivity index (χ2v) is 2.47. The molecule has 0 rings (SSSR count). The monoisotopic (exact) mass is 168 g/mol. The summed E-state index contributed by atoms with van der Waals surface area (Å²) >= 11 is 0. The van der Waals surface area contributed by atoms with Crippen LogP contribution in [0, 0.1) is 11.5 Å². The Bertz CT molecular complexity index is 176. The minimum Gasteiger partial charge on any atom is -0.359 e. The fraction of sp³-hybridized carbons (Fsp3) is 0.750. The molecule has 0 spiro atoms. The standard InChI is InChI=1S/C8H16N4/c1-4-7(5-2)12-8(10-3)11-6-9/h7H,4-5H2,1-3H3,(H2,10,11,12). The van der Waals surface area contributed by atoms with E-state index < -0.39 is 0 Å². The first kappa shape index (κ1) is 10.8. The molecule has 4 nitrogen and oxygen atoms in total. The van der Waals surface area contributed by atoms with Gasteiger partial charge in [-0.05, 0) is 12.8 Å². The van der Waals surface area contributed by atoms with Gasteiger partial charge in [0.2, 0.25) is 12.2 Å². The fourth-order valence-electron chi connectivity index (χ4n) is 0.896. The van der Waals surface area contributed by atoms with E-state index in [2.05, 4.69) is 29.5 Å². The van der Waals surface area contributed by atoms with Crippen LogP contribution in [0.1, 0.15) is 26.7 Å². The zero-order valence-electron chi connectivity index (χ0n) is 7.89. The average molecular weight is 168 g/mol. The van der Waals surface area contributed by atoms with E-state index in [4.69, 9.17) is 5.26 Å². The molecule has 0 saturated carbocycles. The molecule has 0 fully saturated rings. The van der Waals surface area contributed by atoms with Crippen molar-refractivity contribution in [3.63, 3.8) is 0 Å². The topological polar surface area (TPSA) is 60.2 Å². The molecular formula is C8H16N4. The molecule has 0 bridgehead atoms. The highest BCUT2D eigenvalue weighted by atomic mass is 15.2. The van der Waals surface area contributed by atoms with E-state index in [9.17, 15) is 0 Å². The first-order valence-electron chi connectivity index (χ1n) is 4.19. The summed E-state index contributed by atoms with van der Waals surface area (Å²) in [6.07, 6.45) is 3.80. The van der Waals surface area contributed by atoms with Gasteiger partial charge >= 0.3 is 0 Å². The number of nitriles is 1. The first-order valence-corrected chi connectivity index (χ1v) is 4.19. The van der Waals surface area contributed by atoms with Crippen molar-refractivity contribution in [1.29, 1.82) is 5.26 Å². The average Bonchev–Trinajstić information content (AvgIpc) is 2.12. The third-order valence-corrected chi connectivity index (χ3v) is 1.73. The smallest absolute Gasteiger partial charge is 0.209 e. The van der Waals surface area contributed by atoms with Gasteiger partial charge in [0.05, 0.1) is 0 Å². The molecule has 0 aromatic carbocycles. The van der Waals surface area contributed by atoms with Crippen molar-refractivity contribution in [1.82, 2.24) is 10.6 Å². The quantitative estimate of drug-likeness (QED) is 0.372. The predicted octanol–water partition coefficient (Wildman–Crippen LogP) is 0.821. The van der Waals surface area contributed by atoms with Crippen molar-refractivity contribution in [2.75, 3.05) is 7.05 Å². The van der Waals surface area contributed by atoms with Crippen molar-refractivity contribution in [2.24, 2.45) is 4.99 Å². The summed E-state index contributed by atoms with van der Waals surface area (Å²) in [6, 6.07) is 0.393. The number of nitrogens with zero attached hydrogens (tertiary/aromatic N) is 2. The highest BCUT2D eigenvalue weighted by Crippen LogP contribution is 1.94. The maximum atomic E-state index is 8.31. The van der Waals surface area contributed by atoms with Gasteiger partial charge in [0.1, 0.15) is 0 Å². The van der Waals surface area contributed by atoms with E-state index in [0.717, 1.165) is 12.8 Å². The minimum atomic E-state index is 0.393. The van der Waals surface area contributed by atoms with Crippen LogP contribution in [0.4, 0.5) is 0 Å². The van der Waals surface area contributed by atoms with Gasteiger partial charge in [-0.2, -0.15) is 5.26 Å². The third-order valence-electron chi connectivity index (χ3n) is 1.73. The van der Waals surface area contributed by atoms with Crippen LogP contribution in [0.5, 0.6) is 0 Å². The van der Waals surface area contributed by atoms with E-state index in [1.807, 2.05) is 0 Å². The summed E-state index contributed by atoms with van der Waals surface area (Å²) < 4.78 is 0. The van der Waals surface area contributed by atoms with Crippen molar-refractivity contribution in [3.05, 3.63) is 0 Å². The van der Waals surface area contributed by atoms with Gasteiger partial charge in [-0.3, -0.25) is 0 Å². The molecule has 0 heterocycles. The molecule has 0 atom stereocenters. The molecule has 0 unspecified atom stereocenters. The van der Waals surface area contributed by atoms with Gasteiger partial charge in [0, 0.05) is 13.1 Å². The summed E-state index contributed by atoms with van der Waals surface area (Å²) in [7, 11) is 1.74. The molecule has 0 aromatic heterocycles. The number of hydrogen-bond acceptors (Lipinski definition) is 2. The molecule has 4 heteroatoms. The lowest BCUT2D eigenvalue weighted by Crippen LogP contribution is -2.41. The summed E-state index contributed by atoms with van der Waals surface area (Å²) in [5.41, 5.74) is 0. The molecular weight excluding hydrogens is 152 g/mol. The van der Waals surface area contributed by atoms with Gasteiger partial charge < -0.3 is 10.6 Å². The summed E-state index contributed by atoms with van der Waals surface area (Å²) in [6.45, 7) is 4.20. The number of nitrogens with one attached hydrogen (secondary N) is 2. The lowest BCUT2D eigenvalue weighted by molar-refractivity contribution is 0.563. The highest BCUT2D eigenvalue weighted by molar-refractivity contribution is 5.80. The van der Waals surface area contributed by atoms with Crippen LogP contribution >= 0.6 is 0 Å². The Balaban J connectivity index is 4.02. The Kier molecular flexibility index (Phi) is 5.80. The van der Waals surface area contributed by atoms with E-state index in [1.165, 1.54) is 0 Å². The molecule has 0 radical (unpaired) electrons. The second kappa shape index (κ2) is 6.47. The molecule has 0 aliphatic rings. The fourth-order valence-corrected chi connectivity index (χ4v) is 0.896. The zero-order chi connectivity index (χ0) is 9.40. The van der Waals surface area contributed by atoms with Crippen molar-refractivity contribution >= 4 is 5.96 Å². The van der Waals surface area contributed by atoms with Crippen LogP contribution in [0.25, 0.3) is 0 Å². The van der Waals surface area contributed by atoms with Gasteiger partial charge in [-0.1, -0.05) is 13.8 Å². The van der Waals surface area contributed by atoms with Gasteiger partial charge in [-0.25, -0.2) is 0 Å². The number of guanidine groups is 1.